The van der Waals surface area contributed by atoms with Crippen LogP contribution in [0.25, 0.3) is 0 Å². The lowest BCUT2D eigenvalue weighted by molar-refractivity contribution is -0.120. The van der Waals surface area contributed by atoms with E-state index in [9.17, 15) is 24.3 Å². The van der Waals surface area contributed by atoms with Gasteiger partial charge < -0.3 is 35.7 Å². The Labute approximate surface area is 247 Å². The number of ketones is 2. The van der Waals surface area contributed by atoms with E-state index in [0.29, 0.717) is 12.0 Å². The minimum atomic E-state index is -1.00. The standard InChI is InChI=1S/C31H43N3O8/c1-8-12-33-26-21-13-17(2)14-25(41-7)27(36)19(4)15-20(5)29(42-31(32)39)24(40-6)11-9-10-18(3)30(38)34-22(28(21)37)16-23(26)35/h8-11,15-17,19,24-25,27,29,33,36H,1,12-14H2,2-7H3,(H2,32,39)(H,34,38)/t17-,19+,24+,25+,27-,29-/m1/s1. The first kappa shape index (κ1) is 34.4. The Hall–Kier alpha value is -3.80. The van der Waals surface area contributed by atoms with Crippen molar-refractivity contribution in [1.29, 1.82) is 0 Å². The van der Waals surface area contributed by atoms with Crippen LogP contribution >= 0.6 is 0 Å². The Morgan fingerprint density at radius 3 is 2.50 bits per heavy atom. The third-order valence-corrected chi connectivity index (χ3v) is 7.22. The number of nitrogens with one attached hydrogen (secondary N) is 2. The van der Waals surface area contributed by atoms with Gasteiger partial charge in [0.1, 0.15) is 6.10 Å². The van der Waals surface area contributed by atoms with Crippen molar-refractivity contribution < 1.29 is 38.5 Å². The van der Waals surface area contributed by atoms with Crippen molar-refractivity contribution >= 4 is 23.6 Å². The van der Waals surface area contributed by atoms with Gasteiger partial charge >= 0.3 is 6.09 Å². The number of hydrogen-bond donors (Lipinski definition) is 4. The summed E-state index contributed by atoms with van der Waals surface area (Å²) in [5.41, 5.74) is 6.42. The van der Waals surface area contributed by atoms with Crippen LogP contribution < -0.4 is 16.4 Å². The SMILES string of the molecule is C=CCNC1=C2C[C@@H](C)C[C@H](OC)[C@H](O)[C@@H](C)C=C(C)[C@@H](OC(N)=O)[C@@H](OC)C=CC=C(C)C(=O)NC(=CC1=O)C2=O. The minimum Gasteiger partial charge on any atom is -0.439 e. The molecule has 0 radical (unpaired) electrons. The summed E-state index contributed by atoms with van der Waals surface area (Å²) in [6, 6.07) is 0. The number of carbonyl (C=O) groups is 4. The molecule has 0 saturated heterocycles. The highest BCUT2D eigenvalue weighted by molar-refractivity contribution is 6.23. The number of ether oxygens (including phenoxy) is 3. The zero-order valence-corrected chi connectivity index (χ0v) is 25.1. The molecule has 1 aliphatic heterocycles. The molecule has 0 aromatic heterocycles. The lowest BCUT2D eigenvalue weighted by Gasteiger charge is -2.30. The average Bonchev–Trinajstić information content (AvgIpc) is 2.94. The van der Waals surface area contributed by atoms with Crippen molar-refractivity contribution in [2.75, 3.05) is 20.8 Å². The van der Waals surface area contributed by atoms with E-state index in [4.69, 9.17) is 19.9 Å². The van der Waals surface area contributed by atoms with Crippen molar-refractivity contribution in [3.8, 4) is 0 Å². The van der Waals surface area contributed by atoms with Gasteiger partial charge in [-0.3, -0.25) is 14.4 Å². The predicted octanol–water partition coefficient (Wildman–Crippen LogP) is 2.54. The van der Waals surface area contributed by atoms with E-state index in [1.165, 1.54) is 20.3 Å². The number of rotatable bonds is 6. The molecule has 0 saturated carbocycles. The summed E-state index contributed by atoms with van der Waals surface area (Å²) in [6.45, 7) is 10.9. The monoisotopic (exact) mass is 585 g/mol. The number of methoxy groups -OCH3 is 2. The minimum absolute atomic E-state index is 0.132. The van der Waals surface area contributed by atoms with Gasteiger partial charge in [-0.25, -0.2) is 4.79 Å². The van der Waals surface area contributed by atoms with E-state index in [0.717, 1.165) is 6.08 Å². The Morgan fingerprint density at radius 1 is 1.21 bits per heavy atom. The molecule has 0 spiro atoms. The smallest absolute Gasteiger partial charge is 0.405 e. The molecule has 1 heterocycles. The average molecular weight is 586 g/mol. The van der Waals surface area contributed by atoms with E-state index in [2.05, 4.69) is 17.2 Å². The highest BCUT2D eigenvalue weighted by Crippen LogP contribution is 2.28. The van der Waals surface area contributed by atoms with Crippen LogP contribution in [-0.2, 0) is 28.6 Å². The van der Waals surface area contributed by atoms with Gasteiger partial charge in [-0.1, -0.05) is 44.2 Å². The van der Waals surface area contributed by atoms with Gasteiger partial charge in [0.25, 0.3) is 5.91 Å². The van der Waals surface area contributed by atoms with Crippen LogP contribution in [-0.4, -0.2) is 73.9 Å². The fraction of sp³-hybridized carbons (Fsp3) is 0.484. The molecule has 11 heteroatoms. The van der Waals surface area contributed by atoms with Crippen LogP contribution in [0.2, 0.25) is 0 Å². The first-order valence-corrected chi connectivity index (χ1v) is 13.8. The van der Waals surface area contributed by atoms with Crippen molar-refractivity contribution in [1.82, 2.24) is 10.6 Å². The van der Waals surface area contributed by atoms with Crippen LogP contribution in [0.4, 0.5) is 4.79 Å². The molecule has 2 bridgehead atoms. The fourth-order valence-corrected chi connectivity index (χ4v) is 4.95. The van der Waals surface area contributed by atoms with Gasteiger partial charge in [0, 0.05) is 43.9 Å². The summed E-state index contributed by atoms with van der Waals surface area (Å²) in [5.74, 6) is -2.14. The highest BCUT2D eigenvalue weighted by atomic mass is 16.6. The van der Waals surface area contributed by atoms with E-state index >= 15 is 0 Å². The van der Waals surface area contributed by atoms with Gasteiger partial charge in [0.15, 0.2) is 6.10 Å². The van der Waals surface area contributed by atoms with E-state index in [1.54, 1.807) is 45.1 Å². The molecule has 0 unspecified atom stereocenters. The first-order chi connectivity index (χ1) is 19.8. The van der Waals surface area contributed by atoms with Gasteiger partial charge in [-0.15, -0.1) is 6.58 Å². The second-order valence-electron chi connectivity index (χ2n) is 10.6. The summed E-state index contributed by atoms with van der Waals surface area (Å²) in [7, 11) is 2.92. The number of aliphatic hydroxyl groups excluding tert-OH is 1. The van der Waals surface area contributed by atoms with Crippen LogP contribution in [0.3, 0.4) is 0 Å². The Morgan fingerprint density at radius 2 is 1.90 bits per heavy atom. The van der Waals surface area contributed by atoms with Crippen LogP contribution in [0, 0.1) is 11.8 Å². The zero-order valence-electron chi connectivity index (χ0n) is 25.1. The molecule has 42 heavy (non-hydrogen) atoms. The maximum atomic E-state index is 13.5. The molecule has 6 atom stereocenters. The van der Waals surface area contributed by atoms with Gasteiger partial charge in [-0.2, -0.15) is 0 Å². The lowest BCUT2D eigenvalue weighted by Crippen LogP contribution is -2.37. The summed E-state index contributed by atoms with van der Waals surface area (Å²) >= 11 is 0. The van der Waals surface area contributed by atoms with Crippen molar-refractivity contribution in [3.05, 3.63) is 71.1 Å². The largest absolute Gasteiger partial charge is 0.439 e. The van der Waals surface area contributed by atoms with Crippen molar-refractivity contribution in [3.63, 3.8) is 0 Å². The molecule has 11 nitrogen and oxygen atoms in total. The molecular weight excluding hydrogens is 542 g/mol. The number of hydrogen-bond acceptors (Lipinski definition) is 9. The second kappa shape index (κ2) is 16.0. The molecule has 0 fully saturated rings. The molecule has 0 aromatic rings. The molecule has 1 aliphatic carbocycles. The second-order valence-corrected chi connectivity index (χ2v) is 10.6. The summed E-state index contributed by atoms with van der Waals surface area (Å²) in [5, 5.41) is 16.7. The Bertz CT molecular complexity index is 1210. The molecule has 0 aromatic carbocycles. The summed E-state index contributed by atoms with van der Waals surface area (Å²) in [6.07, 6.45) is 5.34. The Kier molecular flexibility index (Phi) is 13.1. The lowest BCUT2D eigenvalue weighted by atomic mass is 9.85. The van der Waals surface area contributed by atoms with Crippen molar-refractivity contribution in [2.45, 2.75) is 65.0 Å². The van der Waals surface area contributed by atoms with Crippen LogP contribution in [0.5, 0.6) is 0 Å². The van der Waals surface area contributed by atoms with E-state index < -0.39 is 53.9 Å². The maximum absolute atomic E-state index is 13.5. The number of primary amides is 1. The predicted molar refractivity (Wildman–Crippen MR) is 158 cm³/mol. The van der Waals surface area contributed by atoms with Gasteiger partial charge in [0.05, 0.1) is 23.6 Å². The Balaban J connectivity index is 2.62. The summed E-state index contributed by atoms with van der Waals surface area (Å²) < 4.78 is 16.6. The van der Waals surface area contributed by atoms with Gasteiger partial charge in [0.2, 0.25) is 11.6 Å². The van der Waals surface area contributed by atoms with E-state index in [-0.39, 0.29) is 41.4 Å². The third kappa shape index (κ3) is 9.10. The van der Waals surface area contributed by atoms with E-state index in [1.807, 2.05) is 6.92 Å². The molecule has 2 rings (SSSR count). The zero-order chi connectivity index (χ0) is 31.6. The third-order valence-electron chi connectivity index (χ3n) is 7.22. The number of allylic oxidation sites excluding steroid dienone is 4. The number of Topliss-reactive ketones (excluding diaryl/α,β-unsaturated/α-hetero) is 1. The topological polar surface area (TPSA) is 166 Å². The molecule has 2 amide bonds. The number of nitrogens with two attached hydrogens (primary N) is 1. The highest BCUT2D eigenvalue weighted by Gasteiger charge is 2.33. The quantitative estimate of drug-likeness (QED) is 0.271. The summed E-state index contributed by atoms with van der Waals surface area (Å²) in [4.78, 5) is 51.3. The molecular formula is C31H43N3O8. The van der Waals surface area contributed by atoms with Crippen molar-refractivity contribution in [2.24, 2.45) is 17.6 Å². The number of amides is 2. The van der Waals surface area contributed by atoms with Crippen LogP contribution in [0.15, 0.2) is 71.1 Å². The fourth-order valence-electron chi connectivity index (χ4n) is 4.95. The molecule has 230 valence electrons. The number of aliphatic hydroxyl groups is 1. The normalized spacial score (nSPS) is 28.4. The number of fused-ring (bicyclic) bond motifs is 2. The number of carbonyl (C=O) groups excluding carboxylic acids is 4. The first-order valence-electron chi connectivity index (χ1n) is 13.8. The van der Waals surface area contributed by atoms with Crippen LogP contribution in [0.1, 0.15) is 40.5 Å². The maximum Gasteiger partial charge on any atom is 0.405 e. The molecule has 2 aliphatic rings. The van der Waals surface area contributed by atoms with Gasteiger partial charge in [-0.05, 0) is 38.2 Å². The molecule has 5 N–H and O–H groups in total.